The first kappa shape index (κ1) is 22.3. The zero-order valence-corrected chi connectivity index (χ0v) is 18.8. The summed E-state index contributed by atoms with van der Waals surface area (Å²) in [7, 11) is 1.56. The van der Waals surface area contributed by atoms with Gasteiger partial charge in [0.25, 0.3) is 11.8 Å². The van der Waals surface area contributed by atoms with Gasteiger partial charge in [-0.2, -0.15) is 0 Å². The SMILES string of the molecule is CCN(CC)C(=O)c1ccc(-c2ccc3oc(-c4ccc(F)cc4)c(C(=O)NC)c3c2)cc1. The lowest BCUT2D eigenvalue weighted by atomic mass is 9.99. The Morgan fingerprint density at radius 3 is 2.09 bits per heavy atom. The molecule has 0 aliphatic carbocycles. The highest BCUT2D eigenvalue weighted by Crippen LogP contribution is 2.36. The third-order valence-corrected chi connectivity index (χ3v) is 5.76. The fourth-order valence-electron chi connectivity index (χ4n) is 3.93. The number of nitrogens with one attached hydrogen (secondary N) is 1. The smallest absolute Gasteiger partial charge is 0.255 e. The van der Waals surface area contributed by atoms with Crippen molar-refractivity contribution < 1.29 is 18.4 Å². The molecule has 0 saturated heterocycles. The fourth-order valence-corrected chi connectivity index (χ4v) is 3.93. The summed E-state index contributed by atoms with van der Waals surface area (Å²) in [5.41, 5.74) is 4.02. The minimum Gasteiger partial charge on any atom is -0.455 e. The highest BCUT2D eigenvalue weighted by atomic mass is 19.1. The van der Waals surface area contributed by atoms with Crippen LogP contribution in [0.5, 0.6) is 0 Å². The Balaban J connectivity index is 1.77. The van der Waals surface area contributed by atoms with Gasteiger partial charge in [-0.05, 0) is 73.5 Å². The fraction of sp³-hybridized carbons (Fsp3) is 0.185. The zero-order valence-electron chi connectivity index (χ0n) is 18.8. The molecule has 0 atom stereocenters. The van der Waals surface area contributed by atoms with Crippen molar-refractivity contribution in [2.75, 3.05) is 20.1 Å². The third kappa shape index (κ3) is 4.24. The molecule has 0 radical (unpaired) electrons. The normalized spacial score (nSPS) is 10.9. The second kappa shape index (κ2) is 9.28. The van der Waals surface area contributed by atoms with Crippen molar-refractivity contribution in [3.63, 3.8) is 0 Å². The highest BCUT2D eigenvalue weighted by Gasteiger charge is 2.22. The number of furan rings is 1. The lowest BCUT2D eigenvalue weighted by molar-refractivity contribution is 0.0772. The molecule has 1 aromatic heterocycles. The molecule has 0 saturated carbocycles. The molecule has 4 aromatic rings. The number of carbonyl (C=O) groups excluding carboxylic acids is 2. The Hall–Kier alpha value is -3.93. The van der Waals surface area contributed by atoms with Gasteiger partial charge in [0.2, 0.25) is 0 Å². The summed E-state index contributed by atoms with van der Waals surface area (Å²) in [6.45, 7) is 5.24. The highest BCUT2D eigenvalue weighted by molar-refractivity contribution is 6.11. The van der Waals surface area contributed by atoms with E-state index in [1.54, 1.807) is 24.1 Å². The molecule has 168 valence electrons. The van der Waals surface area contributed by atoms with Crippen LogP contribution in [-0.4, -0.2) is 36.9 Å². The molecule has 0 bridgehead atoms. The van der Waals surface area contributed by atoms with Crippen molar-refractivity contribution in [1.82, 2.24) is 10.2 Å². The van der Waals surface area contributed by atoms with E-state index in [1.165, 1.54) is 12.1 Å². The molecule has 33 heavy (non-hydrogen) atoms. The van der Waals surface area contributed by atoms with Gasteiger partial charge in [-0.25, -0.2) is 4.39 Å². The lowest BCUT2D eigenvalue weighted by Crippen LogP contribution is -2.30. The molecule has 2 amide bonds. The first-order valence-electron chi connectivity index (χ1n) is 10.9. The van der Waals surface area contributed by atoms with E-state index in [-0.39, 0.29) is 17.6 Å². The van der Waals surface area contributed by atoms with Crippen LogP contribution in [0.4, 0.5) is 4.39 Å². The summed E-state index contributed by atoms with van der Waals surface area (Å²) in [6, 6.07) is 18.9. The van der Waals surface area contributed by atoms with Crippen LogP contribution in [0, 0.1) is 5.82 Å². The molecule has 1 N–H and O–H groups in total. The van der Waals surface area contributed by atoms with Crippen LogP contribution in [0.25, 0.3) is 33.4 Å². The van der Waals surface area contributed by atoms with Crippen molar-refractivity contribution >= 4 is 22.8 Å². The topological polar surface area (TPSA) is 62.6 Å². The lowest BCUT2D eigenvalue weighted by Gasteiger charge is -2.18. The minimum atomic E-state index is -0.360. The number of rotatable bonds is 6. The van der Waals surface area contributed by atoms with E-state index in [4.69, 9.17) is 4.42 Å². The molecule has 4 rings (SSSR count). The molecule has 0 aliphatic heterocycles. The first-order chi connectivity index (χ1) is 16.0. The van der Waals surface area contributed by atoms with Gasteiger partial charge >= 0.3 is 0 Å². The molecule has 0 fully saturated rings. The molecule has 5 nitrogen and oxygen atoms in total. The van der Waals surface area contributed by atoms with E-state index in [2.05, 4.69) is 5.32 Å². The predicted octanol–water partition coefficient (Wildman–Crippen LogP) is 5.75. The Labute approximate surface area is 191 Å². The second-order valence-corrected chi connectivity index (χ2v) is 7.66. The van der Waals surface area contributed by atoms with E-state index in [1.807, 2.05) is 56.3 Å². The van der Waals surface area contributed by atoms with Crippen molar-refractivity contribution in [3.8, 4) is 22.5 Å². The van der Waals surface area contributed by atoms with E-state index in [9.17, 15) is 14.0 Å². The Bertz CT molecular complexity index is 1300. The van der Waals surface area contributed by atoms with Gasteiger partial charge < -0.3 is 14.6 Å². The van der Waals surface area contributed by atoms with Crippen LogP contribution < -0.4 is 5.32 Å². The van der Waals surface area contributed by atoms with E-state index in [0.717, 1.165) is 11.1 Å². The van der Waals surface area contributed by atoms with Crippen LogP contribution in [0.3, 0.4) is 0 Å². The number of amides is 2. The number of halogens is 1. The maximum absolute atomic E-state index is 13.4. The quantitative estimate of drug-likeness (QED) is 0.412. The van der Waals surface area contributed by atoms with Gasteiger partial charge in [0.1, 0.15) is 17.2 Å². The van der Waals surface area contributed by atoms with Crippen molar-refractivity contribution in [1.29, 1.82) is 0 Å². The van der Waals surface area contributed by atoms with Gasteiger partial charge in [0, 0.05) is 36.7 Å². The Kier molecular flexibility index (Phi) is 6.27. The van der Waals surface area contributed by atoms with Gasteiger partial charge in [-0.3, -0.25) is 9.59 Å². The van der Waals surface area contributed by atoms with E-state index < -0.39 is 0 Å². The Morgan fingerprint density at radius 1 is 0.879 bits per heavy atom. The molecule has 0 aliphatic rings. The van der Waals surface area contributed by atoms with Crippen molar-refractivity contribution in [2.24, 2.45) is 0 Å². The third-order valence-electron chi connectivity index (χ3n) is 5.76. The number of hydrogen-bond acceptors (Lipinski definition) is 3. The van der Waals surface area contributed by atoms with Crippen molar-refractivity contribution in [2.45, 2.75) is 13.8 Å². The van der Waals surface area contributed by atoms with Crippen LogP contribution in [-0.2, 0) is 0 Å². The molecular weight excluding hydrogens is 419 g/mol. The molecule has 0 spiro atoms. The average molecular weight is 445 g/mol. The number of benzene rings is 3. The molecule has 0 unspecified atom stereocenters. The number of hydrogen-bond donors (Lipinski definition) is 1. The van der Waals surface area contributed by atoms with Crippen LogP contribution >= 0.6 is 0 Å². The molecule has 6 heteroatoms. The van der Waals surface area contributed by atoms with Crippen LogP contribution in [0.15, 0.2) is 71.1 Å². The molecular formula is C27H25FN2O3. The second-order valence-electron chi connectivity index (χ2n) is 7.66. The maximum atomic E-state index is 13.4. The van der Waals surface area contributed by atoms with Gasteiger partial charge in [0.15, 0.2) is 0 Å². The number of nitrogens with zero attached hydrogens (tertiary/aromatic N) is 1. The van der Waals surface area contributed by atoms with E-state index in [0.29, 0.717) is 46.5 Å². The van der Waals surface area contributed by atoms with Gasteiger partial charge in [-0.15, -0.1) is 0 Å². The van der Waals surface area contributed by atoms with Gasteiger partial charge in [0.05, 0.1) is 5.56 Å². The average Bonchev–Trinajstić information content (AvgIpc) is 3.23. The largest absolute Gasteiger partial charge is 0.455 e. The summed E-state index contributed by atoms with van der Waals surface area (Å²) in [6.07, 6.45) is 0. The van der Waals surface area contributed by atoms with E-state index >= 15 is 0 Å². The first-order valence-corrected chi connectivity index (χ1v) is 10.9. The van der Waals surface area contributed by atoms with Crippen LogP contribution in [0.2, 0.25) is 0 Å². The standard InChI is InChI=1S/C27H25FN2O3/c1-4-30(5-2)27(32)19-8-6-17(7-9-19)20-12-15-23-22(16-20)24(26(31)29-3)25(33-23)18-10-13-21(28)14-11-18/h6-16H,4-5H2,1-3H3,(H,29,31). The summed E-state index contributed by atoms with van der Waals surface area (Å²) in [5, 5.41) is 3.33. The minimum absolute atomic E-state index is 0.00248. The number of fused-ring (bicyclic) bond motifs is 1. The Morgan fingerprint density at radius 2 is 1.48 bits per heavy atom. The monoisotopic (exact) mass is 444 g/mol. The maximum Gasteiger partial charge on any atom is 0.255 e. The van der Waals surface area contributed by atoms with Crippen LogP contribution in [0.1, 0.15) is 34.6 Å². The van der Waals surface area contributed by atoms with Gasteiger partial charge in [-0.1, -0.05) is 18.2 Å². The summed E-state index contributed by atoms with van der Waals surface area (Å²) >= 11 is 0. The number of carbonyl (C=O) groups is 2. The molecule has 3 aromatic carbocycles. The van der Waals surface area contributed by atoms with Crippen molar-refractivity contribution in [3.05, 3.63) is 83.7 Å². The summed E-state index contributed by atoms with van der Waals surface area (Å²) < 4.78 is 19.4. The summed E-state index contributed by atoms with van der Waals surface area (Å²) in [5.74, 6) is -0.253. The predicted molar refractivity (Wildman–Crippen MR) is 128 cm³/mol. The summed E-state index contributed by atoms with van der Waals surface area (Å²) in [4.78, 5) is 27.1. The zero-order chi connectivity index (χ0) is 23.5. The molecule has 1 heterocycles.